The number of hydrogen-bond acceptors (Lipinski definition) is 6. The van der Waals surface area contributed by atoms with Gasteiger partial charge in [-0.1, -0.05) is 43.0 Å². The molecule has 1 fully saturated rings. The molecule has 32 heavy (non-hydrogen) atoms. The Morgan fingerprint density at radius 3 is 2.59 bits per heavy atom. The quantitative estimate of drug-likeness (QED) is 0.333. The molecule has 1 heterocycles. The molecule has 4 rings (SSSR count). The number of rotatable bonds is 6. The highest BCUT2D eigenvalue weighted by Crippen LogP contribution is 2.32. The highest BCUT2D eigenvalue weighted by molar-refractivity contribution is 7.14. The van der Waals surface area contributed by atoms with Gasteiger partial charge in [0.15, 0.2) is 5.13 Å². The van der Waals surface area contributed by atoms with Crippen molar-refractivity contribution in [2.75, 3.05) is 17.3 Å². The molecular weight excluding hydrogens is 448 g/mol. The van der Waals surface area contributed by atoms with Crippen LogP contribution in [0.3, 0.4) is 0 Å². The first-order valence-corrected chi connectivity index (χ1v) is 11.7. The number of nitro benzene ring substituents is 1. The van der Waals surface area contributed by atoms with Gasteiger partial charge in [-0.05, 0) is 37.1 Å². The van der Waals surface area contributed by atoms with E-state index in [2.05, 4.69) is 22.6 Å². The predicted octanol–water partition coefficient (Wildman–Crippen LogP) is 6.39. The summed E-state index contributed by atoms with van der Waals surface area (Å²) in [6.45, 7) is 0. The van der Waals surface area contributed by atoms with Gasteiger partial charge in [-0.3, -0.25) is 14.9 Å². The zero-order valence-electron chi connectivity index (χ0n) is 17.6. The van der Waals surface area contributed by atoms with Crippen LogP contribution in [-0.2, 0) is 0 Å². The molecule has 166 valence electrons. The summed E-state index contributed by atoms with van der Waals surface area (Å²) in [5.74, 6) is -0.442. The van der Waals surface area contributed by atoms with Gasteiger partial charge in [-0.15, -0.1) is 11.3 Å². The first-order chi connectivity index (χ1) is 15.4. The van der Waals surface area contributed by atoms with Crippen LogP contribution in [0.2, 0.25) is 5.02 Å². The van der Waals surface area contributed by atoms with Gasteiger partial charge in [0, 0.05) is 41.4 Å². The summed E-state index contributed by atoms with van der Waals surface area (Å²) in [4.78, 5) is 30.0. The zero-order valence-corrected chi connectivity index (χ0v) is 19.2. The molecule has 1 saturated carbocycles. The van der Waals surface area contributed by atoms with Crippen LogP contribution in [0.15, 0.2) is 47.8 Å². The summed E-state index contributed by atoms with van der Waals surface area (Å²) >= 11 is 7.46. The number of aromatic nitrogens is 1. The van der Waals surface area contributed by atoms with Crippen LogP contribution in [0.4, 0.5) is 16.5 Å². The number of carbonyl (C=O) groups is 1. The van der Waals surface area contributed by atoms with Gasteiger partial charge in [0.1, 0.15) is 5.02 Å². The van der Waals surface area contributed by atoms with E-state index in [0.29, 0.717) is 11.7 Å². The van der Waals surface area contributed by atoms with E-state index >= 15 is 0 Å². The first kappa shape index (κ1) is 22.2. The number of nitro groups is 1. The van der Waals surface area contributed by atoms with Crippen LogP contribution < -0.4 is 10.2 Å². The van der Waals surface area contributed by atoms with Crippen LogP contribution in [0.1, 0.15) is 42.5 Å². The van der Waals surface area contributed by atoms with Gasteiger partial charge in [-0.25, -0.2) is 4.98 Å². The van der Waals surface area contributed by atoms with E-state index in [4.69, 9.17) is 16.6 Å². The molecule has 2 aromatic carbocycles. The third-order valence-corrected chi connectivity index (χ3v) is 7.01. The lowest BCUT2D eigenvalue weighted by molar-refractivity contribution is -0.384. The van der Waals surface area contributed by atoms with Gasteiger partial charge in [0.25, 0.3) is 11.6 Å². The Labute approximate surface area is 195 Å². The molecule has 1 aliphatic rings. The van der Waals surface area contributed by atoms with Crippen molar-refractivity contribution in [1.82, 2.24) is 4.98 Å². The largest absolute Gasteiger partial charge is 0.348 e. The number of carbonyl (C=O) groups excluding carboxylic acids is 1. The summed E-state index contributed by atoms with van der Waals surface area (Å²) in [7, 11) is 2.12. The summed E-state index contributed by atoms with van der Waals surface area (Å²) in [6.07, 6.45) is 6.33. The lowest BCUT2D eigenvalue weighted by Crippen LogP contribution is -2.33. The summed E-state index contributed by atoms with van der Waals surface area (Å²) < 4.78 is 0. The SMILES string of the molecule is CN(c1nc(-c2ccc(NC(=O)c3ccc(Cl)c([N+](=O)[O-])c3)cc2)cs1)C1CCCCC1. The molecule has 1 amide bonds. The molecular formula is C23H23ClN4O3S. The number of thiazole rings is 1. The van der Waals surface area contributed by atoms with E-state index in [0.717, 1.165) is 16.4 Å². The fourth-order valence-corrected chi connectivity index (χ4v) is 4.96. The van der Waals surface area contributed by atoms with Gasteiger partial charge < -0.3 is 10.2 Å². The van der Waals surface area contributed by atoms with Crippen molar-refractivity contribution in [2.45, 2.75) is 38.1 Å². The molecule has 9 heteroatoms. The second kappa shape index (κ2) is 9.67. The summed E-state index contributed by atoms with van der Waals surface area (Å²) in [5, 5.41) is 16.9. The average molecular weight is 471 g/mol. The lowest BCUT2D eigenvalue weighted by atomic mass is 9.95. The van der Waals surface area contributed by atoms with Crippen LogP contribution in [0, 0.1) is 10.1 Å². The van der Waals surface area contributed by atoms with Gasteiger partial charge in [-0.2, -0.15) is 0 Å². The Bertz CT molecular complexity index is 1130. The fraction of sp³-hybridized carbons (Fsp3) is 0.304. The Kier molecular flexibility index (Phi) is 6.72. The van der Waals surface area contributed by atoms with Crippen LogP contribution >= 0.6 is 22.9 Å². The number of benzene rings is 2. The molecule has 0 spiro atoms. The standard InChI is InChI=1S/C23H23ClN4O3S/c1-27(18-5-3-2-4-6-18)23-26-20(14-32-23)15-7-10-17(11-8-15)25-22(29)16-9-12-19(24)21(13-16)28(30)31/h7-14,18H,2-6H2,1H3,(H,25,29). The van der Waals surface area contributed by atoms with Crippen molar-refractivity contribution in [1.29, 1.82) is 0 Å². The third-order valence-electron chi connectivity index (χ3n) is 5.76. The molecule has 1 aromatic heterocycles. The van der Waals surface area contributed by atoms with Gasteiger partial charge >= 0.3 is 0 Å². The van der Waals surface area contributed by atoms with E-state index < -0.39 is 10.8 Å². The zero-order chi connectivity index (χ0) is 22.7. The second-order valence-electron chi connectivity index (χ2n) is 7.87. The molecule has 0 bridgehead atoms. The maximum atomic E-state index is 12.5. The van der Waals surface area contributed by atoms with Gasteiger partial charge in [0.2, 0.25) is 0 Å². The lowest BCUT2D eigenvalue weighted by Gasteiger charge is -2.30. The third kappa shape index (κ3) is 4.92. The highest BCUT2D eigenvalue weighted by atomic mass is 35.5. The average Bonchev–Trinajstić information content (AvgIpc) is 3.30. The molecule has 1 N–H and O–H groups in total. The number of nitrogens with one attached hydrogen (secondary N) is 1. The summed E-state index contributed by atoms with van der Waals surface area (Å²) in [5.41, 5.74) is 2.32. The van der Waals surface area contributed by atoms with Crippen molar-refractivity contribution in [3.05, 3.63) is 68.5 Å². The highest BCUT2D eigenvalue weighted by Gasteiger charge is 2.21. The second-order valence-corrected chi connectivity index (χ2v) is 9.12. The molecule has 1 aliphatic carbocycles. The topological polar surface area (TPSA) is 88.4 Å². The van der Waals surface area contributed by atoms with Crippen molar-refractivity contribution in [3.8, 4) is 11.3 Å². The number of amides is 1. The smallest absolute Gasteiger partial charge is 0.288 e. The molecule has 3 aromatic rings. The maximum Gasteiger partial charge on any atom is 0.288 e. The summed E-state index contributed by atoms with van der Waals surface area (Å²) in [6, 6.07) is 11.9. The molecule has 0 atom stereocenters. The molecule has 0 saturated heterocycles. The first-order valence-electron chi connectivity index (χ1n) is 10.5. The van der Waals surface area contributed by atoms with Crippen LogP contribution in [0.5, 0.6) is 0 Å². The molecule has 0 radical (unpaired) electrons. The fourth-order valence-electron chi connectivity index (χ4n) is 3.90. The van der Waals surface area contributed by atoms with E-state index in [-0.39, 0.29) is 16.3 Å². The van der Waals surface area contributed by atoms with E-state index in [1.807, 2.05) is 12.1 Å². The van der Waals surface area contributed by atoms with E-state index in [9.17, 15) is 14.9 Å². The normalized spacial score (nSPS) is 14.2. The van der Waals surface area contributed by atoms with Gasteiger partial charge in [0.05, 0.1) is 10.6 Å². The van der Waals surface area contributed by atoms with Crippen molar-refractivity contribution in [3.63, 3.8) is 0 Å². The number of halogens is 1. The van der Waals surface area contributed by atoms with Crippen molar-refractivity contribution < 1.29 is 9.72 Å². The Morgan fingerprint density at radius 1 is 1.19 bits per heavy atom. The van der Waals surface area contributed by atoms with Crippen LogP contribution in [0.25, 0.3) is 11.3 Å². The Hall–Kier alpha value is -2.97. The number of hydrogen-bond donors (Lipinski definition) is 1. The molecule has 7 nitrogen and oxygen atoms in total. The van der Waals surface area contributed by atoms with Crippen LogP contribution in [-0.4, -0.2) is 28.9 Å². The Balaban J connectivity index is 1.43. The minimum absolute atomic E-state index is 0.00679. The number of anilines is 2. The minimum Gasteiger partial charge on any atom is -0.348 e. The monoisotopic (exact) mass is 470 g/mol. The van der Waals surface area contributed by atoms with Crippen molar-refractivity contribution in [2.24, 2.45) is 0 Å². The molecule has 0 aliphatic heterocycles. The van der Waals surface area contributed by atoms with E-state index in [1.54, 1.807) is 23.5 Å². The number of nitrogens with zero attached hydrogens (tertiary/aromatic N) is 3. The van der Waals surface area contributed by atoms with Crippen molar-refractivity contribution >= 4 is 45.4 Å². The van der Waals surface area contributed by atoms with E-state index in [1.165, 1.54) is 50.3 Å². The predicted molar refractivity (Wildman–Crippen MR) is 129 cm³/mol. The molecule has 0 unspecified atom stereocenters. The maximum absolute atomic E-state index is 12.5. The Morgan fingerprint density at radius 2 is 1.91 bits per heavy atom. The minimum atomic E-state index is -0.609.